The average Bonchev–Trinajstić information content (AvgIpc) is 2.79. The molecule has 3 aromatic rings. The highest BCUT2D eigenvalue weighted by molar-refractivity contribution is 6.08. The van der Waals surface area contributed by atoms with Gasteiger partial charge in [0.15, 0.2) is 45.7 Å². The SMILES string of the molecule is COc1ccc2c(c1N)N=c1cc3c(c(OC)c1O2)=Nc1cc(C(C)=O)c(C(C)=O)cc1O3. The molecule has 0 saturated carbocycles. The van der Waals surface area contributed by atoms with Crippen LogP contribution in [0.1, 0.15) is 34.6 Å². The molecular formula is C24H19N3O6. The lowest BCUT2D eigenvalue weighted by Gasteiger charge is -2.22. The van der Waals surface area contributed by atoms with Crippen molar-refractivity contribution in [1.82, 2.24) is 0 Å². The minimum absolute atomic E-state index is 0.242. The van der Waals surface area contributed by atoms with Crippen molar-refractivity contribution in [3.05, 3.63) is 52.2 Å². The molecule has 9 heteroatoms. The van der Waals surface area contributed by atoms with Crippen LogP contribution in [0.15, 0.2) is 40.3 Å². The van der Waals surface area contributed by atoms with Gasteiger partial charge in [-0.3, -0.25) is 9.59 Å². The zero-order chi connectivity index (χ0) is 23.4. The number of nitrogens with zero attached hydrogens (tertiary/aromatic N) is 2. The number of rotatable bonds is 4. The van der Waals surface area contributed by atoms with E-state index in [0.29, 0.717) is 62.3 Å². The van der Waals surface area contributed by atoms with Crippen LogP contribution in [0.4, 0.5) is 17.1 Å². The summed E-state index contributed by atoms with van der Waals surface area (Å²) in [6, 6.07) is 8.14. The van der Waals surface area contributed by atoms with Crippen molar-refractivity contribution in [3.8, 4) is 34.5 Å². The molecule has 0 spiro atoms. The first kappa shape index (κ1) is 20.5. The number of ether oxygens (including phenoxy) is 4. The molecule has 9 nitrogen and oxygen atoms in total. The van der Waals surface area contributed by atoms with E-state index in [1.54, 1.807) is 24.3 Å². The summed E-state index contributed by atoms with van der Waals surface area (Å²) in [7, 11) is 3.01. The van der Waals surface area contributed by atoms with E-state index in [2.05, 4.69) is 9.98 Å². The predicted molar refractivity (Wildman–Crippen MR) is 119 cm³/mol. The van der Waals surface area contributed by atoms with E-state index in [4.69, 9.17) is 24.7 Å². The van der Waals surface area contributed by atoms with Crippen LogP contribution < -0.4 is 35.4 Å². The molecule has 166 valence electrons. The van der Waals surface area contributed by atoms with Crippen molar-refractivity contribution in [1.29, 1.82) is 0 Å². The lowest BCUT2D eigenvalue weighted by Crippen LogP contribution is -2.22. The van der Waals surface area contributed by atoms with Crippen LogP contribution in [0.25, 0.3) is 0 Å². The van der Waals surface area contributed by atoms with E-state index < -0.39 is 0 Å². The van der Waals surface area contributed by atoms with Crippen LogP contribution in [-0.4, -0.2) is 25.8 Å². The van der Waals surface area contributed by atoms with Crippen molar-refractivity contribution in [2.24, 2.45) is 9.98 Å². The molecule has 0 radical (unpaired) electrons. The van der Waals surface area contributed by atoms with Crippen LogP contribution in [0.3, 0.4) is 0 Å². The van der Waals surface area contributed by atoms with Crippen LogP contribution in [0, 0.1) is 0 Å². The number of benzene rings is 3. The van der Waals surface area contributed by atoms with E-state index in [1.165, 1.54) is 34.1 Å². The van der Waals surface area contributed by atoms with Gasteiger partial charge in [-0.15, -0.1) is 0 Å². The zero-order valence-electron chi connectivity index (χ0n) is 18.3. The van der Waals surface area contributed by atoms with Crippen molar-refractivity contribution < 1.29 is 28.5 Å². The number of carbonyl (C=O) groups is 2. The molecule has 0 aliphatic carbocycles. The molecule has 33 heavy (non-hydrogen) atoms. The molecule has 0 bridgehead atoms. The van der Waals surface area contributed by atoms with Gasteiger partial charge in [-0.05, 0) is 38.1 Å². The van der Waals surface area contributed by atoms with Gasteiger partial charge < -0.3 is 24.7 Å². The van der Waals surface area contributed by atoms with Gasteiger partial charge in [-0.2, -0.15) is 0 Å². The van der Waals surface area contributed by atoms with Gasteiger partial charge in [0.25, 0.3) is 0 Å². The molecule has 5 rings (SSSR count). The fourth-order valence-corrected chi connectivity index (χ4v) is 3.88. The van der Waals surface area contributed by atoms with Crippen molar-refractivity contribution in [2.75, 3.05) is 20.0 Å². The summed E-state index contributed by atoms with van der Waals surface area (Å²) in [5.74, 6) is 1.82. The van der Waals surface area contributed by atoms with Gasteiger partial charge in [0.2, 0.25) is 0 Å². The quantitative estimate of drug-likeness (QED) is 0.330. The fourth-order valence-electron chi connectivity index (χ4n) is 3.88. The first-order valence-corrected chi connectivity index (χ1v) is 10.0. The summed E-state index contributed by atoms with van der Waals surface area (Å²) in [6.45, 7) is 2.80. The first-order valence-electron chi connectivity index (χ1n) is 10.0. The van der Waals surface area contributed by atoms with Crippen molar-refractivity contribution in [3.63, 3.8) is 0 Å². The van der Waals surface area contributed by atoms with E-state index in [1.807, 2.05) is 0 Å². The molecule has 0 aromatic heterocycles. The number of hydrogen-bond donors (Lipinski definition) is 1. The van der Waals surface area contributed by atoms with Crippen molar-refractivity contribution in [2.45, 2.75) is 13.8 Å². The Morgan fingerprint density at radius 2 is 1.61 bits per heavy atom. The first-order chi connectivity index (χ1) is 15.8. The number of anilines is 1. The maximum absolute atomic E-state index is 12.1. The standard InChI is InChI=1S/C24H19N3O6/c1-10(28)12-7-14-18(8-13(12)11(2)29)32-19-9-15-23(24(31-4)22(19)26-14)33-17-6-5-16(30-3)20(25)21(17)27-15/h5-9H,25H2,1-4H3. The Morgan fingerprint density at radius 3 is 2.27 bits per heavy atom. The second-order valence-corrected chi connectivity index (χ2v) is 7.54. The van der Waals surface area contributed by atoms with Gasteiger partial charge in [0.1, 0.15) is 28.2 Å². The Morgan fingerprint density at radius 1 is 0.879 bits per heavy atom. The highest BCUT2D eigenvalue weighted by atomic mass is 16.5. The van der Waals surface area contributed by atoms with E-state index in [-0.39, 0.29) is 22.7 Å². The third kappa shape index (κ3) is 3.08. The molecule has 0 saturated heterocycles. The minimum Gasteiger partial charge on any atom is -0.495 e. The topological polar surface area (TPSA) is 122 Å². The summed E-state index contributed by atoms with van der Waals surface area (Å²) >= 11 is 0. The number of Topliss-reactive ketones (excluding diaryl/α,β-unsaturated/α-hetero) is 2. The summed E-state index contributed by atoms with van der Waals surface area (Å²) in [5, 5.41) is 0.817. The molecule has 2 aliphatic rings. The van der Waals surface area contributed by atoms with Gasteiger partial charge in [-0.25, -0.2) is 9.98 Å². The summed E-state index contributed by atoms with van der Waals surface area (Å²) in [4.78, 5) is 33.5. The number of carbonyl (C=O) groups excluding carboxylic acids is 2. The molecular weight excluding hydrogens is 426 g/mol. The summed E-state index contributed by atoms with van der Waals surface area (Å²) < 4.78 is 23.0. The average molecular weight is 445 g/mol. The Labute approximate surface area is 188 Å². The van der Waals surface area contributed by atoms with E-state index in [9.17, 15) is 9.59 Å². The van der Waals surface area contributed by atoms with Crippen LogP contribution in [-0.2, 0) is 0 Å². The number of fused-ring (bicyclic) bond motifs is 4. The second-order valence-electron chi connectivity index (χ2n) is 7.54. The number of methoxy groups -OCH3 is 2. The maximum atomic E-state index is 12.1. The Kier molecular flexibility index (Phi) is 4.56. The molecule has 0 unspecified atom stereocenters. The molecule has 0 amide bonds. The van der Waals surface area contributed by atoms with Gasteiger partial charge >= 0.3 is 0 Å². The fraction of sp³-hybridized carbons (Fsp3) is 0.167. The number of hydrogen-bond acceptors (Lipinski definition) is 9. The van der Waals surface area contributed by atoms with Crippen LogP contribution in [0.2, 0.25) is 0 Å². The lowest BCUT2D eigenvalue weighted by atomic mass is 9.99. The predicted octanol–water partition coefficient (Wildman–Crippen LogP) is 3.81. The highest BCUT2D eigenvalue weighted by Crippen LogP contribution is 2.46. The third-order valence-corrected chi connectivity index (χ3v) is 5.47. The zero-order valence-corrected chi connectivity index (χ0v) is 18.3. The highest BCUT2D eigenvalue weighted by Gasteiger charge is 2.27. The van der Waals surface area contributed by atoms with Gasteiger partial charge in [-0.1, -0.05) is 0 Å². The normalized spacial score (nSPS) is 12.4. The molecule has 2 N–H and O–H groups in total. The molecule has 0 atom stereocenters. The number of nitrogens with two attached hydrogens (primary N) is 1. The second kappa shape index (κ2) is 7.33. The van der Waals surface area contributed by atoms with Crippen LogP contribution in [0.5, 0.6) is 34.5 Å². The molecule has 2 heterocycles. The largest absolute Gasteiger partial charge is 0.495 e. The van der Waals surface area contributed by atoms with Gasteiger partial charge in [0.05, 0.1) is 14.2 Å². The number of ketones is 2. The minimum atomic E-state index is -0.246. The smallest absolute Gasteiger partial charge is 0.197 e. The Hall–Kier alpha value is -4.40. The van der Waals surface area contributed by atoms with Crippen LogP contribution >= 0.6 is 0 Å². The van der Waals surface area contributed by atoms with Gasteiger partial charge in [0, 0.05) is 17.2 Å². The summed E-state index contributed by atoms with van der Waals surface area (Å²) in [6.07, 6.45) is 0. The molecule has 0 fully saturated rings. The monoisotopic (exact) mass is 445 g/mol. The molecule has 3 aromatic carbocycles. The van der Waals surface area contributed by atoms with E-state index >= 15 is 0 Å². The Bertz CT molecular complexity index is 1510. The number of nitrogen functional groups attached to an aromatic ring is 1. The van der Waals surface area contributed by atoms with E-state index in [0.717, 1.165) is 0 Å². The summed E-state index contributed by atoms with van der Waals surface area (Å²) in [5.41, 5.74) is 7.91. The maximum Gasteiger partial charge on any atom is 0.197 e. The lowest BCUT2D eigenvalue weighted by molar-refractivity contribution is 0.0980. The van der Waals surface area contributed by atoms with Crippen molar-refractivity contribution >= 4 is 28.6 Å². The molecule has 2 aliphatic heterocycles. The Balaban J connectivity index is 1.76. The third-order valence-electron chi connectivity index (χ3n) is 5.47.